The second-order valence-electron chi connectivity index (χ2n) is 4.29. The highest BCUT2D eigenvalue weighted by atomic mass is 16.5. The molecule has 0 spiro atoms. The van der Waals surface area contributed by atoms with E-state index >= 15 is 0 Å². The summed E-state index contributed by atoms with van der Waals surface area (Å²) < 4.78 is 15.8. The molecule has 3 rings (SSSR count). The minimum atomic E-state index is -1.18. The number of aromatic carboxylic acids is 1. The molecule has 0 saturated carbocycles. The van der Waals surface area contributed by atoms with Gasteiger partial charge in [-0.3, -0.25) is 4.79 Å². The van der Waals surface area contributed by atoms with Crippen molar-refractivity contribution in [3.8, 4) is 5.75 Å². The fourth-order valence-electron chi connectivity index (χ4n) is 2.20. The van der Waals surface area contributed by atoms with Crippen LogP contribution in [0.15, 0.2) is 31.8 Å². The summed E-state index contributed by atoms with van der Waals surface area (Å²) in [6.07, 6.45) is 0. The first-order chi connectivity index (χ1) is 9.52. The van der Waals surface area contributed by atoms with Crippen LogP contribution in [-0.4, -0.2) is 18.2 Å². The Morgan fingerprint density at radius 3 is 2.65 bits per heavy atom. The minimum absolute atomic E-state index is 0.138. The first-order valence-electron chi connectivity index (χ1n) is 5.80. The van der Waals surface area contributed by atoms with Crippen LogP contribution in [0.25, 0.3) is 21.9 Å². The third-order valence-electron chi connectivity index (χ3n) is 3.09. The Morgan fingerprint density at radius 2 is 2.00 bits per heavy atom. The number of carboxylic acids is 1. The molecule has 0 bridgehead atoms. The zero-order chi connectivity index (χ0) is 14.4. The number of methoxy groups -OCH3 is 1. The average molecular weight is 274 g/mol. The van der Waals surface area contributed by atoms with E-state index in [1.807, 2.05) is 0 Å². The number of furan rings is 1. The maximum Gasteiger partial charge on any atom is 0.371 e. The van der Waals surface area contributed by atoms with Crippen molar-refractivity contribution in [2.75, 3.05) is 7.11 Å². The maximum atomic E-state index is 12.2. The number of fused-ring (bicyclic) bond motifs is 3. The second-order valence-corrected chi connectivity index (χ2v) is 4.29. The molecule has 6 nitrogen and oxygen atoms in total. The number of carbonyl (C=O) groups is 1. The van der Waals surface area contributed by atoms with Crippen LogP contribution in [-0.2, 0) is 0 Å². The van der Waals surface area contributed by atoms with Crippen molar-refractivity contribution in [3.63, 3.8) is 0 Å². The summed E-state index contributed by atoms with van der Waals surface area (Å²) in [5.41, 5.74) is 0.343. The van der Waals surface area contributed by atoms with Gasteiger partial charge in [0.2, 0.25) is 16.9 Å². The molecule has 0 unspecified atom stereocenters. The SMILES string of the molecule is COc1c(C)oc2c(ccc3oc(C(=O)O)cc32)c1=O. The molecule has 0 saturated heterocycles. The zero-order valence-corrected chi connectivity index (χ0v) is 10.7. The second kappa shape index (κ2) is 4.12. The molecular formula is C14H10O6. The summed E-state index contributed by atoms with van der Waals surface area (Å²) in [6, 6.07) is 4.41. The molecule has 0 aliphatic carbocycles. The van der Waals surface area contributed by atoms with Crippen molar-refractivity contribution < 1.29 is 23.5 Å². The zero-order valence-electron chi connectivity index (χ0n) is 10.7. The highest BCUT2D eigenvalue weighted by Crippen LogP contribution is 2.29. The summed E-state index contributed by atoms with van der Waals surface area (Å²) in [5.74, 6) is -0.917. The van der Waals surface area contributed by atoms with E-state index in [4.69, 9.17) is 18.7 Å². The maximum absolute atomic E-state index is 12.2. The lowest BCUT2D eigenvalue weighted by molar-refractivity contribution is 0.0665. The Balaban J connectivity index is 2.48. The van der Waals surface area contributed by atoms with E-state index in [9.17, 15) is 9.59 Å². The fourth-order valence-corrected chi connectivity index (χ4v) is 2.20. The van der Waals surface area contributed by atoms with Gasteiger partial charge in [-0.15, -0.1) is 0 Å². The van der Waals surface area contributed by atoms with Gasteiger partial charge in [-0.1, -0.05) is 0 Å². The van der Waals surface area contributed by atoms with Gasteiger partial charge in [0.25, 0.3) is 0 Å². The van der Waals surface area contributed by atoms with E-state index in [1.54, 1.807) is 6.92 Å². The van der Waals surface area contributed by atoms with Crippen molar-refractivity contribution in [2.45, 2.75) is 6.92 Å². The summed E-state index contributed by atoms with van der Waals surface area (Å²) in [4.78, 5) is 23.2. The largest absolute Gasteiger partial charge is 0.490 e. The third kappa shape index (κ3) is 1.58. The predicted octanol–water partition coefficient (Wildman–Crippen LogP) is 2.55. The van der Waals surface area contributed by atoms with Gasteiger partial charge in [0.15, 0.2) is 0 Å². The molecule has 1 aromatic carbocycles. The van der Waals surface area contributed by atoms with Crippen LogP contribution >= 0.6 is 0 Å². The topological polar surface area (TPSA) is 89.9 Å². The Morgan fingerprint density at radius 1 is 1.25 bits per heavy atom. The molecule has 102 valence electrons. The number of aryl methyl sites for hydroxylation is 1. The predicted molar refractivity (Wildman–Crippen MR) is 70.5 cm³/mol. The summed E-state index contributed by atoms with van der Waals surface area (Å²) >= 11 is 0. The van der Waals surface area contributed by atoms with E-state index in [-0.39, 0.29) is 16.9 Å². The van der Waals surface area contributed by atoms with Gasteiger partial charge in [0.05, 0.1) is 17.9 Å². The van der Waals surface area contributed by atoms with Crippen LogP contribution in [0.3, 0.4) is 0 Å². The van der Waals surface area contributed by atoms with Crippen LogP contribution in [0.2, 0.25) is 0 Å². The van der Waals surface area contributed by atoms with E-state index in [0.717, 1.165) is 0 Å². The van der Waals surface area contributed by atoms with Crippen LogP contribution in [0.5, 0.6) is 5.75 Å². The smallest absolute Gasteiger partial charge is 0.371 e. The lowest BCUT2D eigenvalue weighted by Crippen LogP contribution is -2.07. The molecule has 0 radical (unpaired) electrons. The van der Waals surface area contributed by atoms with Gasteiger partial charge < -0.3 is 18.7 Å². The summed E-state index contributed by atoms with van der Waals surface area (Å²) in [6.45, 7) is 1.61. The molecule has 0 atom stereocenters. The van der Waals surface area contributed by atoms with Crippen molar-refractivity contribution in [1.29, 1.82) is 0 Å². The number of rotatable bonds is 2. The van der Waals surface area contributed by atoms with Crippen LogP contribution in [0, 0.1) is 6.92 Å². The van der Waals surface area contributed by atoms with Crippen LogP contribution in [0.4, 0.5) is 0 Å². The van der Waals surface area contributed by atoms with Crippen molar-refractivity contribution >= 4 is 27.9 Å². The molecule has 0 aliphatic heterocycles. The third-order valence-corrected chi connectivity index (χ3v) is 3.09. The van der Waals surface area contributed by atoms with Crippen molar-refractivity contribution in [2.24, 2.45) is 0 Å². The normalized spacial score (nSPS) is 11.1. The van der Waals surface area contributed by atoms with Crippen molar-refractivity contribution in [3.05, 3.63) is 39.9 Å². The lowest BCUT2D eigenvalue weighted by Gasteiger charge is -2.05. The highest BCUT2D eigenvalue weighted by molar-refractivity contribution is 6.05. The Kier molecular flexibility index (Phi) is 2.53. The van der Waals surface area contributed by atoms with Gasteiger partial charge in [-0.05, 0) is 19.1 Å². The molecular weight excluding hydrogens is 264 g/mol. The molecule has 2 aromatic heterocycles. The van der Waals surface area contributed by atoms with E-state index in [1.165, 1.54) is 25.3 Å². The van der Waals surface area contributed by atoms with Crippen LogP contribution in [0.1, 0.15) is 16.3 Å². The lowest BCUT2D eigenvalue weighted by atomic mass is 10.1. The Labute approximate surface area is 112 Å². The molecule has 20 heavy (non-hydrogen) atoms. The Bertz CT molecular complexity index is 899. The van der Waals surface area contributed by atoms with Gasteiger partial charge in [0.1, 0.15) is 16.9 Å². The van der Waals surface area contributed by atoms with Gasteiger partial charge in [0, 0.05) is 6.07 Å². The number of hydrogen-bond acceptors (Lipinski definition) is 5. The summed E-state index contributed by atoms with van der Waals surface area (Å²) in [5, 5.41) is 9.71. The molecule has 0 fully saturated rings. The number of ether oxygens (including phenoxy) is 1. The number of benzene rings is 1. The molecule has 1 N–H and O–H groups in total. The first-order valence-corrected chi connectivity index (χ1v) is 5.80. The minimum Gasteiger partial charge on any atom is -0.490 e. The average Bonchev–Trinajstić information content (AvgIpc) is 2.83. The van der Waals surface area contributed by atoms with Gasteiger partial charge in [-0.2, -0.15) is 0 Å². The molecule has 0 amide bonds. The quantitative estimate of drug-likeness (QED) is 0.772. The molecule has 6 heteroatoms. The molecule has 2 heterocycles. The number of hydrogen-bond donors (Lipinski definition) is 1. The molecule has 3 aromatic rings. The highest BCUT2D eigenvalue weighted by Gasteiger charge is 2.18. The van der Waals surface area contributed by atoms with Gasteiger partial charge >= 0.3 is 5.97 Å². The summed E-state index contributed by atoms with van der Waals surface area (Å²) in [7, 11) is 1.39. The van der Waals surface area contributed by atoms with Crippen molar-refractivity contribution in [1.82, 2.24) is 0 Å². The van der Waals surface area contributed by atoms with Gasteiger partial charge in [-0.25, -0.2) is 4.79 Å². The monoisotopic (exact) mass is 274 g/mol. The first kappa shape index (κ1) is 12.3. The number of carboxylic acid groups (broad SMARTS) is 1. The standard InChI is InChI=1S/C14H10O6/c1-6-12(18-2)11(15)7-3-4-9-8(13(7)19-6)5-10(20-9)14(16)17/h3-5H,1-2H3,(H,16,17). The fraction of sp³-hybridized carbons (Fsp3) is 0.143. The van der Waals surface area contributed by atoms with Crippen LogP contribution < -0.4 is 10.2 Å². The molecule has 0 aliphatic rings. The Hall–Kier alpha value is -2.76. The van der Waals surface area contributed by atoms with E-state index in [2.05, 4.69) is 0 Å². The van der Waals surface area contributed by atoms with E-state index in [0.29, 0.717) is 27.7 Å². The van der Waals surface area contributed by atoms with E-state index < -0.39 is 5.97 Å².